The molecule has 1 saturated carbocycles. The minimum Gasteiger partial charge on any atom is -0.480 e. The number of hydrogen-bond acceptors (Lipinski definition) is 4. The number of likely N-dealkylation sites (N-methyl/N-ethyl adjacent to an activating group) is 1. The van der Waals surface area contributed by atoms with Crippen LogP contribution in [0.1, 0.15) is 50.1 Å². The fourth-order valence-electron chi connectivity index (χ4n) is 3.39. The lowest BCUT2D eigenvalue weighted by Crippen LogP contribution is -2.53. The van der Waals surface area contributed by atoms with Crippen LogP contribution in [0.25, 0.3) is 0 Å². The summed E-state index contributed by atoms with van der Waals surface area (Å²) in [6.07, 6.45) is 3.15. The van der Waals surface area contributed by atoms with E-state index < -0.39 is 5.97 Å². The number of carbonyl (C=O) groups is 1. The Morgan fingerprint density at radius 3 is 2.65 bits per heavy atom. The van der Waals surface area contributed by atoms with Crippen molar-refractivity contribution in [3.8, 4) is 0 Å². The second-order valence-corrected chi connectivity index (χ2v) is 6.53. The van der Waals surface area contributed by atoms with E-state index in [1.165, 1.54) is 11.3 Å². The molecule has 0 bridgehead atoms. The number of nitrogens with one attached hydrogen (secondary N) is 1. The van der Waals surface area contributed by atoms with Crippen molar-refractivity contribution in [2.45, 2.75) is 72.1 Å². The minimum atomic E-state index is -0.738. The van der Waals surface area contributed by atoms with Crippen LogP contribution in [0.5, 0.6) is 0 Å². The molecule has 1 aromatic heterocycles. The molecule has 1 aromatic rings. The largest absolute Gasteiger partial charge is 0.480 e. The molecule has 0 aromatic carbocycles. The standard InChI is InChI=1S/C17H30N4O2/c1-5-7-21-13(4)16(12(3)19-21)10-18-14-8-15(9-14)20(6-2)11-17(22)23/h14-15,18H,5-11H2,1-4H3,(H,22,23). The van der Waals surface area contributed by atoms with E-state index >= 15 is 0 Å². The first-order valence-corrected chi connectivity index (χ1v) is 8.68. The lowest BCUT2D eigenvalue weighted by atomic mass is 9.85. The first-order chi connectivity index (χ1) is 11.0. The van der Waals surface area contributed by atoms with Crippen molar-refractivity contribution >= 4 is 5.97 Å². The quantitative estimate of drug-likeness (QED) is 0.727. The highest BCUT2D eigenvalue weighted by atomic mass is 16.4. The smallest absolute Gasteiger partial charge is 0.317 e. The minimum absolute atomic E-state index is 0.149. The van der Waals surface area contributed by atoms with E-state index in [0.29, 0.717) is 12.1 Å². The van der Waals surface area contributed by atoms with Crippen LogP contribution < -0.4 is 5.32 Å². The maximum absolute atomic E-state index is 10.9. The molecule has 2 rings (SSSR count). The zero-order valence-electron chi connectivity index (χ0n) is 14.8. The van der Waals surface area contributed by atoms with Crippen molar-refractivity contribution < 1.29 is 9.90 Å². The summed E-state index contributed by atoms with van der Waals surface area (Å²) in [5, 5.41) is 17.2. The number of carboxylic acids is 1. The summed E-state index contributed by atoms with van der Waals surface area (Å²) >= 11 is 0. The Kier molecular flexibility index (Phi) is 6.18. The lowest BCUT2D eigenvalue weighted by molar-refractivity contribution is -0.139. The van der Waals surface area contributed by atoms with Gasteiger partial charge >= 0.3 is 5.97 Å². The Morgan fingerprint density at radius 1 is 1.39 bits per heavy atom. The average molecular weight is 322 g/mol. The summed E-state index contributed by atoms with van der Waals surface area (Å²) in [6, 6.07) is 0.884. The van der Waals surface area contributed by atoms with E-state index in [0.717, 1.165) is 44.6 Å². The lowest BCUT2D eigenvalue weighted by Gasteiger charge is -2.42. The Hall–Kier alpha value is -1.40. The van der Waals surface area contributed by atoms with Gasteiger partial charge in [-0.15, -0.1) is 0 Å². The molecule has 1 aliphatic carbocycles. The molecule has 0 unspecified atom stereocenters. The zero-order valence-corrected chi connectivity index (χ0v) is 14.8. The molecule has 0 atom stereocenters. The highest BCUT2D eigenvalue weighted by Gasteiger charge is 2.33. The van der Waals surface area contributed by atoms with Crippen molar-refractivity contribution in [3.63, 3.8) is 0 Å². The molecule has 1 fully saturated rings. The van der Waals surface area contributed by atoms with Crippen molar-refractivity contribution in [1.29, 1.82) is 0 Å². The topological polar surface area (TPSA) is 70.4 Å². The van der Waals surface area contributed by atoms with Gasteiger partial charge in [-0.25, -0.2) is 0 Å². The number of carboxylic acid groups (broad SMARTS) is 1. The molecule has 1 aliphatic rings. The number of aryl methyl sites for hydroxylation is 2. The third-order valence-corrected chi connectivity index (χ3v) is 4.91. The molecule has 130 valence electrons. The molecule has 0 aliphatic heterocycles. The molecule has 6 heteroatoms. The van der Waals surface area contributed by atoms with Gasteiger partial charge in [0.25, 0.3) is 0 Å². The molecule has 2 N–H and O–H groups in total. The number of aromatic nitrogens is 2. The van der Waals surface area contributed by atoms with Crippen LogP contribution in [0.15, 0.2) is 0 Å². The van der Waals surface area contributed by atoms with E-state index in [2.05, 4.69) is 40.8 Å². The van der Waals surface area contributed by atoms with Crippen LogP contribution in [0.4, 0.5) is 0 Å². The number of aliphatic carboxylic acids is 1. The van der Waals surface area contributed by atoms with E-state index in [-0.39, 0.29) is 6.54 Å². The fraction of sp³-hybridized carbons (Fsp3) is 0.765. The van der Waals surface area contributed by atoms with Crippen LogP contribution in [0.3, 0.4) is 0 Å². The van der Waals surface area contributed by atoms with Crippen LogP contribution in [-0.4, -0.2) is 50.9 Å². The van der Waals surface area contributed by atoms with Gasteiger partial charge in [-0.2, -0.15) is 5.10 Å². The normalized spacial score (nSPS) is 20.7. The Balaban J connectivity index is 1.82. The van der Waals surface area contributed by atoms with Gasteiger partial charge in [-0.1, -0.05) is 13.8 Å². The summed E-state index contributed by atoms with van der Waals surface area (Å²) in [4.78, 5) is 12.9. The predicted molar refractivity (Wildman–Crippen MR) is 90.5 cm³/mol. The maximum atomic E-state index is 10.9. The SMILES string of the molecule is CCCn1nc(C)c(CNC2CC(N(CC)CC(=O)O)C2)c1C. The van der Waals surface area contributed by atoms with E-state index in [4.69, 9.17) is 5.11 Å². The van der Waals surface area contributed by atoms with Gasteiger partial charge in [-0.3, -0.25) is 14.4 Å². The van der Waals surface area contributed by atoms with Gasteiger partial charge in [0.05, 0.1) is 12.2 Å². The molecule has 0 radical (unpaired) electrons. The van der Waals surface area contributed by atoms with Gasteiger partial charge in [0.15, 0.2) is 0 Å². The van der Waals surface area contributed by atoms with Crippen LogP contribution in [-0.2, 0) is 17.9 Å². The molecule has 0 saturated heterocycles. The molecule has 0 amide bonds. The average Bonchev–Trinajstić information content (AvgIpc) is 2.71. The summed E-state index contributed by atoms with van der Waals surface area (Å²) in [5.41, 5.74) is 3.67. The van der Waals surface area contributed by atoms with Gasteiger partial charge in [0, 0.05) is 36.4 Å². The Labute approximate surface area is 138 Å². The molecular formula is C17H30N4O2. The van der Waals surface area contributed by atoms with E-state index in [9.17, 15) is 4.79 Å². The number of nitrogens with zero attached hydrogens (tertiary/aromatic N) is 3. The number of hydrogen-bond donors (Lipinski definition) is 2. The van der Waals surface area contributed by atoms with Gasteiger partial charge in [0.1, 0.15) is 0 Å². The van der Waals surface area contributed by atoms with E-state index in [1.807, 2.05) is 6.92 Å². The third kappa shape index (κ3) is 4.32. The van der Waals surface area contributed by atoms with Crippen molar-refractivity contribution in [1.82, 2.24) is 20.0 Å². The first-order valence-electron chi connectivity index (χ1n) is 8.68. The van der Waals surface area contributed by atoms with Gasteiger partial charge in [-0.05, 0) is 39.7 Å². The third-order valence-electron chi connectivity index (χ3n) is 4.91. The fourth-order valence-corrected chi connectivity index (χ4v) is 3.39. The van der Waals surface area contributed by atoms with E-state index in [1.54, 1.807) is 0 Å². The maximum Gasteiger partial charge on any atom is 0.317 e. The second-order valence-electron chi connectivity index (χ2n) is 6.53. The molecular weight excluding hydrogens is 292 g/mol. The molecule has 23 heavy (non-hydrogen) atoms. The molecule has 6 nitrogen and oxygen atoms in total. The van der Waals surface area contributed by atoms with Crippen LogP contribution >= 0.6 is 0 Å². The zero-order chi connectivity index (χ0) is 17.0. The second kappa shape index (κ2) is 7.93. The summed E-state index contributed by atoms with van der Waals surface area (Å²) in [5.74, 6) is -0.738. The van der Waals surface area contributed by atoms with Crippen LogP contribution in [0.2, 0.25) is 0 Å². The van der Waals surface area contributed by atoms with Gasteiger partial charge in [0.2, 0.25) is 0 Å². The number of rotatable bonds is 9. The predicted octanol–water partition coefficient (Wildman–Crippen LogP) is 1.94. The molecule has 0 spiro atoms. The van der Waals surface area contributed by atoms with Crippen molar-refractivity contribution in [2.24, 2.45) is 0 Å². The Bertz CT molecular complexity index is 535. The summed E-state index contributed by atoms with van der Waals surface area (Å²) in [6.45, 7) is 11.2. The van der Waals surface area contributed by atoms with Crippen LogP contribution in [0, 0.1) is 13.8 Å². The Morgan fingerprint density at radius 2 is 2.09 bits per heavy atom. The first kappa shape index (κ1) is 17.9. The summed E-state index contributed by atoms with van der Waals surface area (Å²) < 4.78 is 2.10. The van der Waals surface area contributed by atoms with Crippen molar-refractivity contribution in [3.05, 3.63) is 17.0 Å². The van der Waals surface area contributed by atoms with Gasteiger partial charge < -0.3 is 10.4 Å². The monoisotopic (exact) mass is 322 g/mol. The highest BCUT2D eigenvalue weighted by molar-refractivity contribution is 5.69. The summed E-state index contributed by atoms with van der Waals surface area (Å²) in [7, 11) is 0. The van der Waals surface area contributed by atoms with Crippen molar-refractivity contribution in [2.75, 3.05) is 13.1 Å². The highest BCUT2D eigenvalue weighted by Crippen LogP contribution is 2.26. The molecule has 1 heterocycles.